The number of hydrogen-bond donors (Lipinski definition) is 0. The number of rotatable bonds is 4. The fourth-order valence-electron chi connectivity index (χ4n) is 3.16. The number of hydrogen-bond acceptors (Lipinski definition) is 2. The van der Waals surface area contributed by atoms with Gasteiger partial charge in [-0.15, -0.1) is 23.4 Å². The maximum atomic E-state index is 5.84. The lowest BCUT2D eigenvalue weighted by Gasteiger charge is -2.20. The molecule has 0 aliphatic carbocycles. The molecule has 3 heteroatoms. The van der Waals surface area contributed by atoms with E-state index in [2.05, 4.69) is 29.2 Å². The minimum Gasteiger partial charge on any atom is -0.302 e. The zero-order valence-corrected chi connectivity index (χ0v) is 12.2. The minimum atomic E-state index is 0.737. The van der Waals surface area contributed by atoms with E-state index in [9.17, 15) is 0 Å². The highest BCUT2D eigenvalue weighted by molar-refractivity contribution is 7.99. The summed E-state index contributed by atoms with van der Waals surface area (Å²) in [5, 5.41) is 0. The van der Waals surface area contributed by atoms with Crippen molar-refractivity contribution in [3.05, 3.63) is 29.8 Å². The number of alkyl halides is 1. The average Bonchev–Trinajstić information content (AvgIpc) is 2.99. The summed E-state index contributed by atoms with van der Waals surface area (Å²) in [6, 6.07) is 8.91. The maximum Gasteiger partial charge on any atom is 0.0226 e. The number of nitrogens with zero attached hydrogens (tertiary/aromatic N) is 1. The molecule has 1 fully saturated rings. The molecular formula is C15H20ClNS. The lowest BCUT2D eigenvalue weighted by Crippen LogP contribution is -2.26. The van der Waals surface area contributed by atoms with E-state index in [1.54, 1.807) is 5.56 Å². The Hall–Kier alpha value is -0.180. The lowest BCUT2D eigenvalue weighted by molar-refractivity contribution is 0.308. The third-order valence-corrected chi connectivity index (χ3v) is 5.63. The van der Waals surface area contributed by atoms with E-state index < -0.39 is 0 Å². The van der Waals surface area contributed by atoms with Gasteiger partial charge in [0.05, 0.1) is 0 Å². The van der Waals surface area contributed by atoms with Gasteiger partial charge in [-0.2, -0.15) is 0 Å². The fourth-order valence-corrected chi connectivity index (χ4v) is 4.71. The zero-order chi connectivity index (χ0) is 12.4. The number of benzene rings is 1. The van der Waals surface area contributed by atoms with Crippen molar-refractivity contribution in [1.29, 1.82) is 0 Å². The van der Waals surface area contributed by atoms with Gasteiger partial charge >= 0.3 is 0 Å². The third-order valence-electron chi connectivity index (χ3n) is 4.16. The van der Waals surface area contributed by atoms with E-state index in [1.807, 2.05) is 11.8 Å². The Morgan fingerprint density at radius 2 is 2.22 bits per heavy atom. The summed E-state index contributed by atoms with van der Waals surface area (Å²) in [4.78, 5) is 4.14. The first-order valence-electron chi connectivity index (χ1n) is 6.87. The second-order valence-corrected chi connectivity index (χ2v) is 6.88. The molecule has 98 valence electrons. The third kappa shape index (κ3) is 2.71. The van der Waals surface area contributed by atoms with Crippen LogP contribution in [-0.4, -0.2) is 36.2 Å². The SMILES string of the molecule is ClCCC1CCN(CC2CSc3ccccc32)C1. The summed E-state index contributed by atoms with van der Waals surface area (Å²) in [6.45, 7) is 3.77. The summed E-state index contributed by atoms with van der Waals surface area (Å²) in [7, 11) is 0. The molecule has 0 N–H and O–H groups in total. The first-order chi connectivity index (χ1) is 8.86. The maximum absolute atomic E-state index is 5.84. The molecule has 0 amide bonds. The van der Waals surface area contributed by atoms with Gasteiger partial charge in [0.1, 0.15) is 0 Å². The van der Waals surface area contributed by atoms with Crippen molar-refractivity contribution in [2.45, 2.75) is 23.7 Å². The molecule has 1 aromatic rings. The second-order valence-electron chi connectivity index (χ2n) is 5.44. The highest BCUT2D eigenvalue weighted by Crippen LogP contribution is 2.40. The molecule has 0 saturated carbocycles. The van der Waals surface area contributed by atoms with E-state index in [-0.39, 0.29) is 0 Å². The Kier molecular flexibility index (Phi) is 4.17. The highest BCUT2D eigenvalue weighted by Gasteiger charge is 2.28. The van der Waals surface area contributed by atoms with Crippen LogP contribution in [0, 0.1) is 5.92 Å². The van der Waals surface area contributed by atoms with Crippen molar-refractivity contribution >= 4 is 23.4 Å². The van der Waals surface area contributed by atoms with Gasteiger partial charge in [0.2, 0.25) is 0 Å². The fraction of sp³-hybridized carbons (Fsp3) is 0.600. The molecular weight excluding hydrogens is 262 g/mol. The van der Waals surface area contributed by atoms with E-state index in [4.69, 9.17) is 11.6 Å². The molecule has 0 bridgehead atoms. The van der Waals surface area contributed by atoms with Gasteiger partial charge in [-0.05, 0) is 36.9 Å². The predicted octanol–water partition coefficient (Wildman–Crippen LogP) is 3.83. The first-order valence-corrected chi connectivity index (χ1v) is 8.39. The molecule has 2 heterocycles. The highest BCUT2D eigenvalue weighted by atomic mass is 35.5. The largest absolute Gasteiger partial charge is 0.302 e. The van der Waals surface area contributed by atoms with E-state index in [0.29, 0.717) is 0 Å². The Morgan fingerprint density at radius 1 is 1.33 bits per heavy atom. The molecule has 0 aromatic heterocycles. The number of fused-ring (bicyclic) bond motifs is 1. The van der Waals surface area contributed by atoms with Crippen LogP contribution < -0.4 is 0 Å². The lowest BCUT2D eigenvalue weighted by atomic mass is 10.0. The van der Waals surface area contributed by atoms with Crippen LogP contribution in [0.25, 0.3) is 0 Å². The van der Waals surface area contributed by atoms with Gasteiger partial charge < -0.3 is 4.90 Å². The van der Waals surface area contributed by atoms with Crippen LogP contribution >= 0.6 is 23.4 Å². The molecule has 1 aromatic carbocycles. The molecule has 0 spiro atoms. The van der Waals surface area contributed by atoms with Gasteiger partial charge in [-0.25, -0.2) is 0 Å². The molecule has 2 unspecified atom stereocenters. The molecule has 0 radical (unpaired) electrons. The molecule has 1 nitrogen and oxygen atoms in total. The minimum absolute atomic E-state index is 0.737. The molecule has 2 aliphatic rings. The van der Waals surface area contributed by atoms with Crippen LogP contribution in [0.1, 0.15) is 24.3 Å². The van der Waals surface area contributed by atoms with Crippen LogP contribution in [0.3, 0.4) is 0 Å². The molecule has 1 saturated heterocycles. The smallest absolute Gasteiger partial charge is 0.0226 e. The van der Waals surface area contributed by atoms with Crippen molar-refractivity contribution in [3.8, 4) is 0 Å². The molecule has 3 rings (SSSR count). The molecule has 2 atom stereocenters. The Labute approximate surface area is 119 Å². The van der Waals surface area contributed by atoms with Gasteiger partial charge in [0.15, 0.2) is 0 Å². The van der Waals surface area contributed by atoms with E-state index in [0.717, 1.165) is 17.7 Å². The van der Waals surface area contributed by atoms with Crippen LogP contribution in [0.4, 0.5) is 0 Å². The van der Waals surface area contributed by atoms with Gasteiger partial charge in [-0.3, -0.25) is 0 Å². The van der Waals surface area contributed by atoms with E-state index in [1.165, 1.54) is 43.1 Å². The number of thioether (sulfide) groups is 1. The average molecular weight is 282 g/mol. The van der Waals surface area contributed by atoms with E-state index >= 15 is 0 Å². The summed E-state index contributed by atoms with van der Waals surface area (Å²) in [6.07, 6.45) is 2.53. The monoisotopic (exact) mass is 281 g/mol. The summed E-state index contributed by atoms with van der Waals surface area (Å²) >= 11 is 7.87. The Bertz CT molecular complexity index is 409. The van der Waals surface area contributed by atoms with Crippen molar-refractivity contribution in [1.82, 2.24) is 4.90 Å². The van der Waals surface area contributed by atoms with Crippen molar-refractivity contribution in [2.75, 3.05) is 31.3 Å². The van der Waals surface area contributed by atoms with Crippen LogP contribution in [0.2, 0.25) is 0 Å². The molecule has 2 aliphatic heterocycles. The Balaban J connectivity index is 1.59. The molecule has 18 heavy (non-hydrogen) atoms. The van der Waals surface area contributed by atoms with Crippen LogP contribution in [0.15, 0.2) is 29.2 Å². The Morgan fingerprint density at radius 3 is 3.11 bits per heavy atom. The topological polar surface area (TPSA) is 3.24 Å². The van der Waals surface area contributed by atoms with Crippen LogP contribution in [0.5, 0.6) is 0 Å². The second kappa shape index (κ2) is 5.85. The van der Waals surface area contributed by atoms with Crippen molar-refractivity contribution < 1.29 is 0 Å². The normalized spacial score (nSPS) is 27.6. The van der Waals surface area contributed by atoms with Gasteiger partial charge in [0.25, 0.3) is 0 Å². The summed E-state index contributed by atoms with van der Waals surface area (Å²) in [5.41, 5.74) is 1.57. The van der Waals surface area contributed by atoms with Crippen molar-refractivity contribution in [2.24, 2.45) is 5.92 Å². The van der Waals surface area contributed by atoms with Crippen LogP contribution in [-0.2, 0) is 0 Å². The summed E-state index contributed by atoms with van der Waals surface area (Å²) < 4.78 is 0. The quantitative estimate of drug-likeness (QED) is 0.772. The number of likely N-dealkylation sites (tertiary alicyclic amines) is 1. The standard InChI is InChI=1S/C15H20ClNS/c16-7-5-12-6-8-17(9-12)10-13-11-18-15-4-2-1-3-14(13)15/h1-4,12-13H,5-11H2. The zero-order valence-electron chi connectivity index (χ0n) is 10.6. The van der Waals surface area contributed by atoms with Gasteiger partial charge in [0, 0.05) is 35.5 Å². The van der Waals surface area contributed by atoms with Gasteiger partial charge in [-0.1, -0.05) is 18.2 Å². The first kappa shape index (κ1) is 12.8. The predicted molar refractivity (Wildman–Crippen MR) is 79.8 cm³/mol. The van der Waals surface area contributed by atoms with Crippen molar-refractivity contribution in [3.63, 3.8) is 0 Å². The number of halogens is 1. The summed E-state index contributed by atoms with van der Waals surface area (Å²) in [5.74, 6) is 3.66.